The van der Waals surface area contributed by atoms with Crippen LogP contribution in [0.3, 0.4) is 0 Å². The van der Waals surface area contributed by atoms with E-state index in [1.807, 2.05) is 6.92 Å². The molecule has 2 unspecified atom stereocenters. The SMILES string of the molecule is CC(NC1CCCN(C)C1)c1ccc(F)cc1F. The number of halogens is 2. The highest BCUT2D eigenvalue weighted by molar-refractivity contribution is 5.21. The van der Waals surface area contributed by atoms with Gasteiger partial charge >= 0.3 is 0 Å². The van der Waals surface area contributed by atoms with Crippen LogP contribution >= 0.6 is 0 Å². The number of rotatable bonds is 3. The van der Waals surface area contributed by atoms with Crippen LogP contribution in [0.5, 0.6) is 0 Å². The van der Waals surface area contributed by atoms with Gasteiger partial charge in [0.1, 0.15) is 11.6 Å². The molecular weight excluding hydrogens is 234 g/mol. The Bertz CT molecular complexity index is 409. The molecule has 0 aliphatic carbocycles. The van der Waals surface area contributed by atoms with Crippen LogP contribution < -0.4 is 5.32 Å². The zero-order valence-corrected chi connectivity index (χ0v) is 10.9. The number of piperidine rings is 1. The molecule has 0 bridgehead atoms. The minimum Gasteiger partial charge on any atom is -0.306 e. The molecule has 1 aromatic rings. The topological polar surface area (TPSA) is 15.3 Å². The summed E-state index contributed by atoms with van der Waals surface area (Å²) >= 11 is 0. The molecule has 0 spiro atoms. The summed E-state index contributed by atoms with van der Waals surface area (Å²) < 4.78 is 26.5. The summed E-state index contributed by atoms with van der Waals surface area (Å²) in [5.74, 6) is -1.000. The predicted octanol–water partition coefficient (Wildman–Crippen LogP) is 2.71. The molecule has 1 aliphatic rings. The fraction of sp³-hybridized carbons (Fsp3) is 0.571. The molecule has 100 valence electrons. The van der Waals surface area contributed by atoms with Crippen LogP contribution in [0.25, 0.3) is 0 Å². The second-order valence-electron chi connectivity index (χ2n) is 5.16. The van der Waals surface area contributed by atoms with E-state index in [9.17, 15) is 8.78 Å². The number of hydrogen-bond acceptors (Lipinski definition) is 2. The van der Waals surface area contributed by atoms with Crippen molar-refractivity contribution in [1.29, 1.82) is 0 Å². The highest BCUT2D eigenvalue weighted by Crippen LogP contribution is 2.20. The minimum atomic E-state index is -0.527. The minimum absolute atomic E-state index is 0.0953. The molecule has 2 rings (SSSR count). The van der Waals surface area contributed by atoms with Gasteiger partial charge in [-0.15, -0.1) is 0 Å². The predicted molar refractivity (Wildman–Crippen MR) is 68.4 cm³/mol. The second kappa shape index (κ2) is 5.76. The third kappa shape index (κ3) is 3.27. The zero-order valence-electron chi connectivity index (χ0n) is 10.9. The molecule has 1 aromatic carbocycles. The standard InChI is InChI=1S/C14H20F2N2/c1-10(13-6-5-11(15)8-14(13)16)17-12-4-3-7-18(2)9-12/h5-6,8,10,12,17H,3-4,7,9H2,1-2H3. The lowest BCUT2D eigenvalue weighted by Gasteiger charge is -2.32. The van der Waals surface area contributed by atoms with E-state index in [-0.39, 0.29) is 6.04 Å². The number of likely N-dealkylation sites (tertiary alicyclic amines) is 1. The van der Waals surface area contributed by atoms with E-state index in [0.717, 1.165) is 32.0 Å². The van der Waals surface area contributed by atoms with Crippen molar-refractivity contribution in [3.8, 4) is 0 Å². The van der Waals surface area contributed by atoms with Crippen LogP contribution in [0, 0.1) is 11.6 Å². The van der Waals surface area contributed by atoms with Gasteiger partial charge in [0, 0.05) is 30.3 Å². The van der Waals surface area contributed by atoms with Gasteiger partial charge < -0.3 is 10.2 Å². The van der Waals surface area contributed by atoms with Gasteiger partial charge in [0.2, 0.25) is 0 Å². The molecule has 18 heavy (non-hydrogen) atoms. The normalized spacial score (nSPS) is 23.0. The number of nitrogens with zero attached hydrogens (tertiary/aromatic N) is 1. The summed E-state index contributed by atoms with van der Waals surface area (Å²) in [7, 11) is 2.09. The number of nitrogens with one attached hydrogen (secondary N) is 1. The van der Waals surface area contributed by atoms with Crippen molar-refractivity contribution in [1.82, 2.24) is 10.2 Å². The monoisotopic (exact) mass is 254 g/mol. The molecule has 0 radical (unpaired) electrons. The third-order valence-electron chi connectivity index (χ3n) is 3.54. The lowest BCUT2D eigenvalue weighted by molar-refractivity contribution is 0.218. The van der Waals surface area contributed by atoms with Crippen molar-refractivity contribution < 1.29 is 8.78 Å². The largest absolute Gasteiger partial charge is 0.306 e. The van der Waals surface area contributed by atoms with E-state index >= 15 is 0 Å². The fourth-order valence-electron chi connectivity index (χ4n) is 2.60. The molecule has 0 amide bonds. The van der Waals surface area contributed by atoms with Gasteiger partial charge in [0.05, 0.1) is 0 Å². The molecule has 1 N–H and O–H groups in total. The van der Waals surface area contributed by atoms with Crippen LogP contribution in [-0.4, -0.2) is 31.1 Å². The van der Waals surface area contributed by atoms with Gasteiger partial charge in [-0.05, 0) is 39.4 Å². The first-order valence-corrected chi connectivity index (χ1v) is 6.46. The van der Waals surface area contributed by atoms with Crippen LogP contribution in [-0.2, 0) is 0 Å². The van der Waals surface area contributed by atoms with E-state index < -0.39 is 11.6 Å². The molecular formula is C14H20F2N2. The molecule has 1 aliphatic heterocycles. The Kier molecular flexibility index (Phi) is 4.30. The summed E-state index contributed by atoms with van der Waals surface area (Å²) in [5.41, 5.74) is 0.532. The highest BCUT2D eigenvalue weighted by Gasteiger charge is 2.20. The Balaban J connectivity index is 2.00. The average Bonchev–Trinajstić information content (AvgIpc) is 2.28. The summed E-state index contributed by atoms with van der Waals surface area (Å²) in [6, 6.07) is 4.06. The summed E-state index contributed by atoms with van der Waals surface area (Å²) in [6.07, 6.45) is 2.27. The Hall–Kier alpha value is -1.00. The van der Waals surface area contributed by atoms with E-state index in [1.54, 1.807) is 0 Å². The lowest BCUT2D eigenvalue weighted by Crippen LogP contribution is -2.44. The van der Waals surface area contributed by atoms with Crippen molar-refractivity contribution in [2.75, 3.05) is 20.1 Å². The zero-order chi connectivity index (χ0) is 13.1. The van der Waals surface area contributed by atoms with Gasteiger partial charge in [-0.25, -0.2) is 8.78 Å². The Labute approximate surface area is 107 Å². The highest BCUT2D eigenvalue weighted by atomic mass is 19.1. The fourth-order valence-corrected chi connectivity index (χ4v) is 2.60. The second-order valence-corrected chi connectivity index (χ2v) is 5.16. The Morgan fingerprint density at radius 2 is 2.17 bits per heavy atom. The lowest BCUT2D eigenvalue weighted by atomic mass is 10.0. The molecule has 0 saturated carbocycles. The van der Waals surface area contributed by atoms with Crippen molar-refractivity contribution >= 4 is 0 Å². The van der Waals surface area contributed by atoms with Crippen LogP contribution in [0.15, 0.2) is 18.2 Å². The maximum atomic E-state index is 13.6. The molecule has 2 atom stereocenters. The van der Waals surface area contributed by atoms with Crippen LogP contribution in [0.4, 0.5) is 8.78 Å². The Morgan fingerprint density at radius 1 is 1.39 bits per heavy atom. The Morgan fingerprint density at radius 3 is 2.83 bits per heavy atom. The van der Waals surface area contributed by atoms with E-state index in [4.69, 9.17) is 0 Å². The van der Waals surface area contributed by atoms with Crippen LogP contribution in [0.1, 0.15) is 31.4 Å². The maximum Gasteiger partial charge on any atom is 0.130 e. The number of likely N-dealkylation sites (N-methyl/N-ethyl adjacent to an activating group) is 1. The van der Waals surface area contributed by atoms with E-state index in [2.05, 4.69) is 17.3 Å². The summed E-state index contributed by atoms with van der Waals surface area (Å²) in [5, 5.41) is 3.42. The third-order valence-corrected chi connectivity index (χ3v) is 3.54. The first kappa shape index (κ1) is 13.4. The van der Waals surface area contributed by atoms with Crippen molar-refractivity contribution in [3.63, 3.8) is 0 Å². The van der Waals surface area contributed by atoms with Crippen molar-refractivity contribution in [2.45, 2.75) is 31.8 Å². The number of hydrogen-bond donors (Lipinski definition) is 1. The smallest absolute Gasteiger partial charge is 0.130 e. The van der Waals surface area contributed by atoms with Crippen molar-refractivity contribution in [2.24, 2.45) is 0 Å². The first-order valence-electron chi connectivity index (χ1n) is 6.46. The molecule has 1 heterocycles. The van der Waals surface area contributed by atoms with Gasteiger partial charge in [-0.3, -0.25) is 0 Å². The molecule has 1 fully saturated rings. The molecule has 4 heteroatoms. The summed E-state index contributed by atoms with van der Waals surface area (Å²) in [6.45, 7) is 4.02. The van der Waals surface area contributed by atoms with E-state index in [0.29, 0.717) is 11.6 Å². The van der Waals surface area contributed by atoms with Gasteiger partial charge in [-0.1, -0.05) is 6.07 Å². The van der Waals surface area contributed by atoms with Crippen LogP contribution in [0.2, 0.25) is 0 Å². The van der Waals surface area contributed by atoms with E-state index in [1.165, 1.54) is 12.1 Å². The molecule has 1 saturated heterocycles. The van der Waals surface area contributed by atoms with Gasteiger partial charge in [0.25, 0.3) is 0 Å². The quantitative estimate of drug-likeness (QED) is 0.892. The first-order chi connectivity index (χ1) is 8.56. The summed E-state index contributed by atoms with van der Waals surface area (Å²) in [4.78, 5) is 2.27. The average molecular weight is 254 g/mol. The molecule has 2 nitrogen and oxygen atoms in total. The maximum absolute atomic E-state index is 13.6. The van der Waals surface area contributed by atoms with Gasteiger partial charge in [-0.2, -0.15) is 0 Å². The number of benzene rings is 1. The molecule has 0 aromatic heterocycles. The van der Waals surface area contributed by atoms with Gasteiger partial charge in [0.15, 0.2) is 0 Å². The van der Waals surface area contributed by atoms with Crippen molar-refractivity contribution in [3.05, 3.63) is 35.4 Å².